The highest BCUT2D eigenvalue weighted by molar-refractivity contribution is 7.99. The van der Waals surface area contributed by atoms with Crippen molar-refractivity contribution in [3.05, 3.63) is 72.8 Å². The molecule has 0 unspecified atom stereocenters. The standard InChI is InChI=1S/C18H21NOS/c1-2-12-21-13-11-19-15-16-7-6-10-18(14-16)20-17-8-4-3-5-9-17/h2-10,14,19H,1,11-13,15H2. The van der Waals surface area contributed by atoms with Gasteiger partial charge in [0.25, 0.3) is 0 Å². The lowest BCUT2D eigenvalue weighted by Crippen LogP contribution is -2.16. The Hall–Kier alpha value is -1.71. The third kappa shape index (κ3) is 6.06. The summed E-state index contributed by atoms with van der Waals surface area (Å²) in [4.78, 5) is 0. The summed E-state index contributed by atoms with van der Waals surface area (Å²) in [5.74, 6) is 3.86. The molecule has 0 saturated carbocycles. The zero-order chi connectivity index (χ0) is 14.8. The Morgan fingerprint density at radius 3 is 2.67 bits per heavy atom. The van der Waals surface area contributed by atoms with E-state index in [1.165, 1.54) is 5.56 Å². The van der Waals surface area contributed by atoms with E-state index in [2.05, 4.69) is 24.0 Å². The van der Waals surface area contributed by atoms with Crippen molar-refractivity contribution >= 4 is 11.8 Å². The van der Waals surface area contributed by atoms with Gasteiger partial charge in [-0.15, -0.1) is 6.58 Å². The van der Waals surface area contributed by atoms with Crippen LogP contribution in [-0.2, 0) is 6.54 Å². The van der Waals surface area contributed by atoms with E-state index in [9.17, 15) is 0 Å². The lowest BCUT2D eigenvalue weighted by molar-refractivity contribution is 0.481. The number of thioether (sulfide) groups is 1. The van der Waals surface area contributed by atoms with Crippen molar-refractivity contribution in [1.82, 2.24) is 5.32 Å². The van der Waals surface area contributed by atoms with Crippen LogP contribution in [0.15, 0.2) is 67.3 Å². The molecule has 21 heavy (non-hydrogen) atoms. The lowest BCUT2D eigenvalue weighted by Gasteiger charge is -2.08. The molecule has 2 aromatic carbocycles. The molecule has 0 fully saturated rings. The van der Waals surface area contributed by atoms with Gasteiger partial charge in [0.05, 0.1) is 0 Å². The van der Waals surface area contributed by atoms with Crippen LogP contribution in [0.2, 0.25) is 0 Å². The molecule has 1 N–H and O–H groups in total. The number of hydrogen-bond donors (Lipinski definition) is 1. The second-order valence-corrected chi connectivity index (χ2v) is 5.75. The van der Waals surface area contributed by atoms with Crippen molar-refractivity contribution in [3.63, 3.8) is 0 Å². The molecule has 0 spiro atoms. The van der Waals surface area contributed by atoms with Crippen LogP contribution in [0.25, 0.3) is 0 Å². The van der Waals surface area contributed by atoms with E-state index in [0.717, 1.165) is 36.1 Å². The summed E-state index contributed by atoms with van der Waals surface area (Å²) >= 11 is 1.89. The smallest absolute Gasteiger partial charge is 0.127 e. The second kappa shape index (κ2) is 9.27. The van der Waals surface area contributed by atoms with Crippen LogP contribution in [0.1, 0.15) is 5.56 Å². The van der Waals surface area contributed by atoms with Crippen LogP contribution >= 0.6 is 11.8 Å². The Bertz CT molecular complexity index is 542. The van der Waals surface area contributed by atoms with Gasteiger partial charge in [-0.25, -0.2) is 0 Å². The monoisotopic (exact) mass is 299 g/mol. The van der Waals surface area contributed by atoms with Gasteiger partial charge in [0.1, 0.15) is 11.5 Å². The van der Waals surface area contributed by atoms with Crippen molar-refractivity contribution in [1.29, 1.82) is 0 Å². The molecule has 0 aliphatic carbocycles. The fourth-order valence-electron chi connectivity index (χ4n) is 1.89. The van der Waals surface area contributed by atoms with E-state index in [4.69, 9.17) is 4.74 Å². The molecular formula is C18H21NOS. The van der Waals surface area contributed by atoms with Gasteiger partial charge in [0.2, 0.25) is 0 Å². The van der Waals surface area contributed by atoms with E-state index in [-0.39, 0.29) is 0 Å². The van der Waals surface area contributed by atoms with Crippen molar-refractivity contribution in [2.24, 2.45) is 0 Å². The molecule has 0 aromatic heterocycles. The highest BCUT2D eigenvalue weighted by atomic mass is 32.2. The molecule has 0 atom stereocenters. The molecule has 0 heterocycles. The Labute approximate surface area is 131 Å². The molecule has 0 bridgehead atoms. The van der Waals surface area contributed by atoms with E-state index in [1.807, 2.05) is 60.3 Å². The number of rotatable bonds is 9. The van der Waals surface area contributed by atoms with Crippen LogP contribution in [-0.4, -0.2) is 18.1 Å². The summed E-state index contributed by atoms with van der Waals surface area (Å²) in [6, 6.07) is 18.1. The lowest BCUT2D eigenvalue weighted by atomic mass is 10.2. The van der Waals surface area contributed by atoms with Crippen molar-refractivity contribution in [3.8, 4) is 11.5 Å². The highest BCUT2D eigenvalue weighted by Gasteiger charge is 1.99. The van der Waals surface area contributed by atoms with Crippen LogP contribution in [0.5, 0.6) is 11.5 Å². The van der Waals surface area contributed by atoms with E-state index in [0.29, 0.717) is 0 Å². The molecule has 2 nitrogen and oxygen atoms in total. The van der Waals surface area contributed by atoms with E-state index < -0.39 is 0 Å². The van der Waals surface area contributed by atoms with Gasteiger partial charge in [-0.2, -0.15) is 11.8 Å². The molecule has 2 aromatic rings. The minimum Gasteiger partial charge on any atom is -0.457 e. The number of ether oxygens (including phenoxy) is 1. The third-order valence-corrected chi connectivity index (χ3v) is 3.83. The number of para-hydroxylation sites is 1. The second-order valence-electron chi connectivity index (χ2n) is 4.60. The first-order chi connectivity index (χ1) is 10.4. The fourth-order valence-corrected chi connectivity index (χ4v) is 2.51. The zero-order valence-corrected chi connectivity index (χ0v) is 12.9. The minimum atomic E-state index is 0.862. The van der Waals surface area contributed by atoms with Gasteiger partial charge in [-0.1, -0.05) is 36.4 Å². The van der Waals surface area contributed by atoms with Gasteiger partial charge >= 0.3 is 0 Å². The predicted molar refractivity (Wildman–Crippen MR) is 92.2 cm³/mol. The number of hydrogen-bond acceptors (Lipinski definition) is 3. The van der Waals surface area contributed by atoms with Gasteiger partial charge in [-0.05, 0) is 29.8 Å². The molecule has 0 aliphatic heterocycles. The summed E-state index contributed by atoms with van der Waals surface area (Å²) < 4.78 is 5.84. The molecule has 0 radical (unpaired) electrons. The van der Waals surface area contributed by atoms with E-state index in [1.54, 1.807) is 0 Å². The summed E-state index contributed by atoms with van der Waals surface area (Å²) in [7, 11) is 0. The minimum absolute atomic E-state index is 0.862. The van der Waals surface area contributed by atoms with Gasteiger partial charge in [-0.3, -0.25) is 0 Å². The van der Waals surface area contributed by atoms with Crippen LogP contribution < -0.4 is 10.1 Å². The third-order valence-electron chi connectivity index (χ3n) is 2.87. The van der Waals surface area contributed by atoms with Crippen LogP contribution in [0, 0.1) is 0 Å². The Morgan fingerprint density at radius 1 is 1.05 bits per heavy atom. The number of benzene rings is 2. The van der Waals surface area contributed by atoms with Crippen LogP contribution in [0.4, 0.5) is 0 Å². The average Bonchev–Trinajstić information content (AvgIpc) is 2.52. The zero-order valence-electron chi connectivity index (χ0n) is 12.1. The normalized spacial score (nSPS) is 10.3. The molecule has 110 valence electrons. The molecule has 0 amide bonds. The topological polar surface area (TPSA) is 21.3 Å². The Kier molecular flexibility index (Phi) is 6.92. The average molecular weight is 299 g/mol. The maximum atomic E-state index is 5.84. The molecule has 3 heteroatoms. The van der Waals surface area contributed by atoms with Gasteiger partial charge < -0.3 is 10.1 Å². The summed E-state index contributed by atoms with van der Waals surface area (Å²) in [5, 5.41) is 3.44. The predicted octanol–water partition coefficient (Wildman–Crippen LogP) is 4.49. The summed E-state index contributed by atoms with van der Waals surface area (Å²) in [5.41, 5.74) is 1.23. The van der Waals surface area contributed by atoms with Crippen LogP contribution in [0.3, 0.4) is 0 Å². The first-order valence-corrected chi connectivity index (χ1v) is 8.25. The quantitative estimate of drug-likeness (QED) is 0.544. The van der Waals surface area contributed by atoms with Gasteiger partial charge in [0, 0.05) is 24.6 Å². The first kappa shape index (κ1) is 15.7. The largest absolute Gasteiger partial charge is 0.457 e. The molecular weight excluding hydrogens is 278 g/mol. The molecule has 0 aliphatic rings. The molecule has 2 rings (SSSR count). The SMILES string of the molecule is C=CCSCCNCc1cccc(Oc2ccccc2)c1. The van der Waals surface area contributed by atoms with Crippen molar-refractivity contribution < 1.29 is 4.74 Å². The fraction of sp³-hybridized carbons (Fsp3) is 0.222. The maximum absolute atomic E-state index is 5.84. The highest BCUT2D eigenvalue weighted by Crippen LogP contribution is 2.21. The number of nitrogens with one attached hydrogen (secondary N) is 1. The Morgan fingerprint density at radius 2 is 1.86 bits per heavy atom. The summed E-state index contributed by atoms with van der Waals surface area (Å²) in [6.45, 7) is 5.58. The van der Waals surface area contributed by atoms with Crippen molar-refractivity contribution in [2.75, 3.05) is 18.1 Å². The first-order valence-electron chi connectivity index (χ1n) is 7.09. The maximum Gasteiger partial charge on any atom is 0.127 e. The van der Waals surface area contributed by atoms with Gasteiger partial charge in [0.15, 0.2) is 0 Å². The van der Waals surface area contributed by atoms with Crippen molar-refractivity contribution in [2.45, 2.75) is 6.54 Å². The van der Waals surface area contributed by atoms with E-state index >= 15 is 0 Å². The Balaban J connectivity index is 1.79. The summed E-state index contributed by atoms with van der Waals surface area (Å²) in [6.07, 6.45) is 1.94. The molecule has 0 saturated heterocycles.